The molecule has 0 aliphatic heterocycles. The third-order valence-corrected chi connectivity index (χ3v) is 3.35. The lowest BCUT2D eigenvalue weighted by Crippen LogP contribution is -2.21. The van der Waals surface area contributed by atoms with E-state index in [0.29, 0.717) is 0 Å². The zero-order chi connectivity index (χ0) is 10.6. The smallest absolute Gasteiger partial charge is 0.0599 e. The molecule has 0 aromatic heterocycles. The van der Waals surface area contributed by atoms with Crippen molar-refractivity contribution in [2.45, 2.75) is 65.4 Å². The summed E-state index contributed by atoms with van der Waals surface area (Å²) < 4.78 is 0. The summed E-state index contributed by atoms with van der Waals surface area (Å²) in [6, 6.07) is 0. The lowest BCUT2D eigenvalue weighted by Gasteiger charge is -2.20. The normalized spacial score (nSPS) is 20.3. The van der Waals surface area contributed by atoms with E-state index in [-0.39, 0.29) is 11.5 Å². The lowest BCUT2D eigenvalue weighted by atomic mass is 9.90. The highest BCUT2D eigenvalue weighted by molar-refractivity contribution is 5.06. The third-order valence-electron chi connectivity index (χ3n) is 3.35. The molecule has 0 amide bonds. The molecule has 1 fully saturated rings. The average Bonchev–Trinajstić information content (AvgIpc) is 2.92. The SMILES string of the molecule is CCCC[C@@H](O)C1(CC=C(C)C)CC1. The Hall–Kier alpha value is -0.300. The van der Waals surface area contributed by atoms with Crippen LogP contribution >= 0.6 is 0 Å². The summed E-state index contributed by atoms with van der Waals surface area (Å²) in [7, 11) is 0. The van der Waals surface area contributed by atoms with Crippen LogP contribution in [-0.4, -0.2) is 11.2 Å². The lowest BCUT2D eigenvalue weighted by molar-refractivity contribution is 0.0832. The van der Waals surface area contributed by atoms with E-state index in [1.54, 1.807) is 0 Å². The van der Waals surface area contributed by atoms with Gasteiger partial charge < -0.3 is 5.11 Å². The Morgan fingerprint density at radius 3 is 2.50 bits per heavy atom. The summed E-state index contributed by atoms with van der Waals surface area (Å²) in [6.45, 7) is 6.45. The minimum Gasteiger partial charge on any atom is -0.393 e. The number of unbranched alkanes of at least 4 members (excludes halogenated alkanes) is 1. The van der Waals surface area contributed by atoms with Crippen LogP contribution in [0.3, 0.4) is 0 Å². The highest BCUT2D eigenvalue weighted by Crippen LogP contribution is 2.53. The maximum Gasteiger partial charge on any atom is 0.0599 e. The van der Waals surface area contributed by atoms with Crippen LogP contribution in [0.25, 0.3) is 0 Å². The molecule has 1 aliphatic rings. The van der Waals surface area contributed by atoms with Crippen LogP contribution in [0.5, 0.6) is 0 Å². The molecule has 1 nitrogen and oxygen atoms in total. The second kappa shape index (κ2) is 4.97. The maximum absolute atomic E-state index is 10.1. The van der Waals surface area contributed by atoms with Crippen molar-refractivity contribution in [1.29, 1.82) is 0 Å². The molecule has 1 heteroatoms. The number of aliphatic hydroxyl groups excluding tert-OH is 1. The van der Waals surface area contributed by atoms with Crippen molar-refractivity contribution in [3.05, 3.63) is 11.6 Å². The topological polar surface area (TPSA) is 20.2 Å². The summed E-state index contributed by atoms with van der Waals surface area (Å²) >= 11 is 0. The molecule has 1 aliphatic carbocycles. The fraction of sp³-hybridized carbons (Fsp3) is 0.846. The van der Waals surface area contributed by atoms with Gasteiger partial charge in [0.25, 0.3) is 0 Å². The minimum atomic E-state index is -0.0574. The van der Waals surface area contributed by atoms with E-state index in [2.05, 4.69) is 26.8 Å². The van der Waals surface area contributed by atoms with Crippen LogP contribution in [0.2, 0.25) is 0 Å². The van der Waals surface area contributed by atoms with Crippen molar-refractivity contribution in [2.75, 3.05) is 0 Å². The summed E-state index contributed by atoms with van der Waals surface area (Å²) in [4.78, 5) is 0. The Morgan fingerprint density at radius 2 is 2.07 bits per heavy atom. The molecular weight excluding hydrogens is 172 g/mol. The van der Waals surface area contributed by atoms with Gasteiger partial charge in [-0.15, -0.1) is 0 Å². The number of hydrogen-bond acceptors (Lipinski definition) is 1. The number of hydrogen-bond donors (Lipinski definition) is 1. The predicted molar refractivity (Wildman–Crippen MR) is 61.2 cm³/mol. The molecule has 0 bridgehead atoms. The van der Waals surface area contributed by atoms with Crippen molar-refractivity contribution >= 4 is 0 Å². The summed E-state index contributed by atoms with van der Waals surface area (Å²) in [5.41, 5.74) is 1.64. The van der Waals surface area contributed by atoms with Crippen molar-refractivity contribution in [2.24, 2.45) is 5.41 Å². The zero-order valence-corrected chi connectivity index (χ0v) is 9.84. The van der Waals surface area contributed by atoms with Crippen molar-refractivity contribution in [1.82, 2.24) is 0 Å². The molecule has 1 saturated carbocycles. The molecule has 14 heavy (non-hydrogen) atoms. The van der Waals surface area contributed by atoms with Crippen LogP contribution in [-0.2, 0) is 0 Å². The molecule has 0 aromatic rings. The number of aliphatic hydroxyl groups is 1. The Kier molecular flexibility index (Phi) is 4.18. The molecular formula is C13H24O. The molecule has 1 N–H and O–H groups in total. The van der Waals surface area contributed by atoms with E-state index in [4.69, 9.17) is 0 Å². The van der Waals surface area contributed by atoms with Gasteiger partial charge in [0.1, 0.15) is 0 Å². The Balaban J connectivity index is 2.37. The second-order valence-electron chi connectivity index (χ2n) is 5.01. The van der Waals surface area contributed by atoms with Gasteiger partial charge in [0.15, 0.2) is 0 Å². The van der Waals surface area contributed by atoms with E-state index < -0.39 is 0 Å². The van der Waals surface area contributed by atoms with Gasteiger partial charge in [0, 0.05) is 0 Å². The molecule has 0 unspecified atom stereocenters. The second-order valence-corrected chi connectivity index (χ2v) is 5.01. The fourth-order valence-corrected chi connectivity index (χ4v) is 1.94. The van der Waals surface area contributed by atoms with Crippen molar-refractivity contribution in [3.8, 4) is 0 Å². The van der Waals surface area contributed by atoms with E-state index in [0.717, 1.165) is 19.3 Å². The van der Waals surface area contributed by atoms with E-state index in [1.807, 2.05) is 0 Å². The molecule has 0 radical (unpaired) electrons. The highest BCUT2D eigenvalue weighted by Gasteiger charge is 2.47. The van der Waals surface area contributed by atoms with E-state index in [1.165, 1.54) is 24.8 Å². The molecule has 0 heterocycles. The van der Waals surface area contributed by atoms with Gasteiger partial charge in [-0.3, -0.25) is 0 Å². The first kappa shape index (κ1) is 11.8. The van der Waals surface area contributed by atoms with Gasteiger partial charge in [0.05, 0.1) is 6.10 Å². The van der Waals surface area contributed by atoms with Gasteiger partial charge in [-0.25, -0.2) is 0 Å². The fourth-order valence-electron chi connectivity index (χ4n) is 1.94. The first-order chi connectivity index (χ1) is 6.60. The quantitative estimate of drug-likeness (QED) is 0.643. The van der Waals surface area contributed by atoms with Gasteiger partial charge in [-0.05, 0) is 44.9 Å². The van der Waals surface area contributed by atoms with Crippen molar-refractivity contribution < 1.29 is 5.11 Å². The standard InChI is InChI=1S/C13H24O/c1-4-5-6-12(14)13(9-10-13)8-7-11(2)3/h7,12,14H,4-6,8-10H2,1-3H3/t12-/m1/s1. The molecule has 1 atom stereocenters. The van der Waals surface area contributed by atoms with Crippen molar-refractivity contribution in [3.63, 3.8) is 0 Å². The molecule has 0 saturated heterocycles. The average molecular weight is 196 g/mol. The highest BCUT2D eigenvalue weighted by atomic mass is 16.3. The molecule has 1 rings (SSSR count). The summed E-state index contributed by atoms with van der Waals surface area (Å²) in [5.74, 6) is 0. The van der Waals surface area contributed by atoms with Crippen LogP contribution in [0.1, 0.15) is 59.3 Å². The predicted octanol–water partition coefficient (Wildman–Crippen LogP) is 3.67. The maximum atomic E-state index is 10.1. The molecule has 0 spiro atoms. The Morgan fingerprint density at radius 1 is 1.43 bits per heavy atom. The summed E-state index contributed by atoms with van der Waals surface area (Å²) in [5, 5.41) is 10.1. The van der Waals surface area contributed by atoms with Crippen LogP contribution in [0, 0.1) is 5.41 Å². The first-order valence-corrected chi connectivity index (χ1v) is 5.92. The van der Waals surface area contributed by atoms with E-state index in [9.17, 15) is 5.11 Å². The summed E-state index contributed by atoms with van der Waals surface area (Å²) in [6.07, 6.45) is 9.10. The van der Waals surface area contributed by atoms with Gasteiger partial charge in [-0.1, -0.05) is 31.4 Å². The number of rotatable bonds is 6. The molecule has 0 aromatic carbocycles. The third kappa shape index (κ3) is 3.13. The number of allylic oxidation sites excluding steroid dienone is 2. The van der Waals surface area contributed by atoms with Crippen LogP contribution in [0.4, 0.5) is 0 Å². The Labute approximate surface area is 88.2 Å². The van der Waals surface area contributed by atoms with Gasteiger partial charge in [0.2, 0.25) is 0 Å². The zero-order valence-electron chi connectivity index (χ0n) is 9.84. The van der Waals surface area contributed by atoms with Crippen LogP contribution < -0.4 is 0 Å². The Bertz CT molecular complexity index is 197. The van der Waals surface area contributed by atoms with Gasteiger partial charge in [-0.2, -0.15) is 0 Å². The monoisotopic (exact) mass is 196 g/mol. The van der Waals surface area contributed by atoms with E-state index >= 15 is 0 Å². The van der Waals surface area contributed by atoms with Crippen LogP contribution in [0.15, 0.2) is 11.6 Å². The first-order valence-electron chi connectivity index (χ1n) is 5.92. The van der Waals surface area contributed by atoms with Gasteiger partial charge >= 0.3 is 0 Å². The largest absolute Gasteiger partial charge is 0.393 e. The minimum absolute atomic E-state index is 0.0574. The molecule has 82 valence electrons.